The second-order valence-corrected chi connectivity index (χ2v) is 7.11. The number of aliphatic hydroxyl groups excluding tert-OH is 1. The van der Waals surface area contributed by atoms with Gasteiger partial charge in [-0.2, -0.15) is 10.1 Å². The van der Waals surface area contributed by atoms with Crippen LogP contribution < -0.4 is 10.9 Å². The van der Waals surface area contributed by atoms with Gasteiger partial charge in [-0.05, 0) is 11.5 Å². The molecule has 3 aromatic rings. The quantitative estimate of drug-likeness (QED) is 0.600. The van der Waals surface area contributed by atoms with E-state index in [1.807, 2.05) is 13.8 Å². The molecule has 0 radical (unpaired) electrons. The molecule has 0 spiro atoms. The summed E-state index contributed by atoms with van der Waals surface area (Å²) in [7, 11) is 1.63. The predicted molar refractivity (Wildman–Crippen MR) is 103 cm³/mol. The van der Waals surface area contributed by atoms with Crippen molar-refractivity contribution >= 4 is 17.0 Å². The number of hydrogen-bond donors (Lipinski definition) is 3. The van der Waals surface area contributed by atoms with Crippen LogP contribution in [0.3, 0.4) is 0 Å². The molecule has 9 heteroatoms. The van der Waals surface area contributed by atoms with Crippen LogP contribution in [0.1, 0.15) is 43.6 Å². The van der Waals surface area contributed by atoms with Crippen molar-refractivity contribution in [2.75, 3.05) is 12.4 Å². The van der Waals surface area contributed by atoms with Gasteiger partial charge in [-0.15, -0.1) is 0 Å². The number of rotatable bonds is 6. The third-order valence-corrected chi connectivity index (χ3v) is 4.67. The Kier molecular flexibility index (Phi) is 5.20. The zero-order valence-corrected chi connectivity index (χ0v) is 16.1. The maximum absolute atomic E-state index is 13.6. The van der Waals surface area contributed by atoms with E-state index in [0.29, 0.717) is 5.65 Å². The minimum atomic E-state index is -2.93. The number of halogens is 2. The van der Waals surface area contributed by atoms with Crippen LogP contribution in [-0.4, -0.2) is 31.9 Å². The molecule has 0 aliphatic carbocycles. The average Bonchev–Trinajstić information content (AvgIpc) is 3.00. The first-order valence-corrected chi connectivity index (χ1v) is 8.95. The van der Waals surface area contributed by atoms with Crippen molar-refractivity contribution in [3.8, 4) is 0 Å². The van der Waals surface area contributed by atoms with E-state index in [4.69, 9.17) is 0 Å². The largest absolute Gasteiger partial charge is 0.390 e. The van der Waals surface area contributed by atoms with E-state index in [-0.39, 0.29) is 34.6 Å². The lowest BCUT2D eigenvalue weighted by Gasteiger charge is -2.23. The monoisotopic (exact) mass is 391 g/mol. The van der Waals surface area contributed by atoms with Gasteiger partial charge in [0.15, 0.2) is 5.65 Å². The minimum absolute atomic E-state index is 0.0155. The molecule has 1 unspecified atom stereocenters. The summed E-state index contributed by atoms with van der Waals surface area (Å²) in [6.07, 6.45) is 0. The van der Waals surface area contributed by atoms with Crippen LogP contribution >= 0.6 is 0 Å². The summed E-state index contributed by atoms with van der Waals surface area (Å²) < 4.78 is 28.7. The molecule has 0 saturated heterocycles. The Balaban J connectivity index is 2.21. The van der Waals surface area contributed by atoms with E-state index >= 15 is 0 Å². The van der Waals surface area contributed by atoms with Crippen LogP contribution in [0.2, 0.25) is 0 Å². The smallest absolute Gasteiger partial charge is 0.270 e. The lowest BCUT2D eigenvalue weighted by atomic mass is 9.94. The minimum Gasteiger partial charge on any atom is -0.390 e. The Hall–Kier alpha value is -2.81. The van der Waals surface area contributed by atoms with Crippen molar-refractivity contribution in [2.24, 2.45) is 5.92 Å². The molecule has 7 nitrogen and oxygen atoms in total. The SMILES string of the molecule is CNc1nc2c(c(CO)nn2C(c2ccc(C(C)(F)F)cc2)C(C)C)c(=O)[nH]1. The molecule has 0 amide bonds. The Bertz CT molecular complexity index is 1040. The molecule has 1 aromatic carbocycles. The number of anilines is 1. The van der Waals surface area contributed by atoms with Crippen LogP contribution in [0.15, 0.2) is 29.1 Å². The number of aromatic nitrogens is 4. The van der Waals surface area contributed by atoms with Gasteiger partial charge in [0.25, 0.3) is 11.5 Å². The first-order chi connectivity index (χ1) is 13.2. The number of aromatic amines is 1. The van der Waals surface area contributed by atoms with Crippen LogP contribution in [0.25, 0.3) is 11.0 Å². The summed E-state index contributed by atoms with van der Waals surface area (Å²) in [5, 5.41) is 17.1. The molecule has 3 rings (SSSR count). The number of nitrogens with one attached hydrogen (secondary N) is 2. The molecule has 2 aromatic heterocycles. The van der Waals surface area contributed by atoms with Gasteiger partial charge in [0.1, 0.15) is 11.1 Å². The number of aliphatic hydroxyl groups is 1. The standard InChI is InChI=1S/C19H23F2N5O2/c1-10(2)15(11-5-7-12(8-6-11)19(3,20)21)26-16-14(13(9-27)25-26)17(28)24-18(22-4)23-16/h5-8,10,15,27H,9H2,1-4H3,(H2,22,23,24,28). The Morgan fingerprint density at radius 3 is 2.43 bits per heavy atom. The molecule has 0 fully saturated rings. The fourth-order valence-corrected chi connectivity index (χ4v) is 3.32. The molecule has 3 N–H and O–H groups in total. The third-order valence-electron chi connectivity index (χ3n) is 4.67. The predicted octanol–water partition coefficient (Wildman–Crippen LogP) is 3.01. The highest BCUT2D eigenvalue weighted by atomic mass is 19.3. The zero-order valence-electron chi connectivity index (χ0n) is 16.1. The van der Waals surface area contributed by atoms with Crippen molar-refractivity contribution in [1.29, 1.82) is 0 Å². The lowest BCUT2D eigenvalue weighted by molar-refractivity contribution is 0.0174. The molecule has 1 atom stereocenters. The van der Waals surface area contributed by atoms with E-state index in [1.54, 1.807) is 23.9 Å². The Labute approximate surface area is 160 Å². The summed E-state index contributed by atoms with van der Waals surface area (Å²) >= 11 is 0. The van der Waals surface area contributed by atoms with E-state index in [2.05, 4.69) is 20.4 Å². The van der Waals surface area contributed by atoms with Crippen LogP contribution in [0.4, 0.5) is 14.7 Å². The molecule has 0 bridgehead atoms. The third kappa shape index (κ3) is 3.49. The summed E-state index contributed by atoms with van der Waals surface area (Å²) in [5.41, 5.74) is 0.805. The fraction of sp³-hybridized carbons (Fsp3) is 0.421. The van der Waals surface area contributed by atoms with Gasteiger partial charge in [0.2, 0.25) is 5.95 Å². The number of hydrogen-bond acceptors (Lipinski definition) is 5. The van der Waals surface area contributed by atoms with Crippen LogP contribution in [-0.2, 0) is 12.5 Å². The molecule has 2 heterocycles. The number of H-pyrrole nitrogens is 1. The summed E-state index contributed by atoms with van der Waals surface area (Å²) in [5.74, 6) is -2.64. The van der Waals surface area contributed by atoms with Gasteiger partial charge in [-0.3, -0.25) is 9.78 Å². The van der Waals surface area contributed by atoms with Crippen LogP contribution in [0.5, 0.6) is 0 Å². The highest BCUT2D eigenvalue weighted by molar-refractivity contribution is 5.78. The number of fused-ring (bicyclic) bond motifs is 1. The van der Waals surface area contributed by atoms with Gasteiger partial charge in [-0.25, -0.2) is 13.5 Å². The van der Waals surface area contributed by atoms with Gasteiger partial charge < -0.3 is 10.4 Å². The van der Waals surface area contributed by atoms with Gasteiger partial charge in [0, 0.05) is 19.5 Å². The number of alkyl halides is 2. The average molecular weight is 391 g/mol. The first-order valence-electron chi connectivity index (χ1n) is 8.95. The molecule has 0 aliphatic heterocycles. The molecular weight excluding hydrogens is 368 g/mol. The molecule has 0 saturated carbocycles. The Morgan fingerprint density at radius 1 is 1.29 bits per heavy atom. The molecular formula is C19H23F2N5O2. The fourth-order valence-electron chi connectivity index (χ4n) is 3.32. The van der Waals surface area contributed by atoms with Gasteiger partial charge >= 0.3 is 0 Å². The molecule has 150 valence electrons. The van der Waals surface area contributed by atoms with E-state index in [9.17, 15) is 18.7 Å². The highest BCUT2D eigenvalue weighted by Gasteiger charge is 2.27. The van der Waals surface area contributed by atoms with Crippen molar-refractivity contribution in [3.05, 3.63) is 51.4 Å². The summed E-state index contributed by atoms with van der Waals surface area (Å²) in [4.78, 5) is 19.5. The maximum atomic E-state index is 13.6. The van der Waals surface area contributed by atoms with E-state index in [0.717, 1.165) is 12.5 Å². The second-order valence-electron chi connectivity index (χ2n) is 7.11. The van der Waals surface area contributed by atoms with Crippen molar-refractivity contribution < 1.29 is 13.9 Å². The number of nitrogens with zero attached hydrogens (tertiary/aromatic N) is 3. The first kappa shape index (κ1) is 19.9. The van der Waals surface area contributed by atoms with Crippen LogP contribution in [0, 0.1) is 5.92 Å². The van der Waals surface area contributed by atoms with Crippen molar-refractivity contribution in [2.45, 2.75) is 39.3 Å². The number of benzene rings is 1. The van der Waals surface area contributed by atoms with E-state index < -0.39 is 18.1 Å². The molecule has 0 aliphatic rings. The summed E-state index contributed by atoms with van der Waals surface area (Å²) in [6.45, 7) is 4.36. The topological polar surface area (TPSA) is 95.8 Å². The maximum Gasteiger partial charge on any atom is 0.270 e. The Morgan fingerprint density at radius 2 is 1.93 bits per heavy atom. The normalized spacial score (nSPS) is 13.3. The van der Waals surface area contributed by atoms with Gasteiger partial charge in [0.05, 0.1) is 12.6 Å². The molecule has 28 heavy (non-hydrogen) atoms. The second kappa shape index (κ2) is 7.31. The zero-order chi connectivity index (χ0) is 20.6. The lowest BCUT2D eigenvalue weighted by Crippen LogP contribution is -2.20. The van der Waals surface area contributed by atoms with Gasteiger partial charge in [-0.1, -0.05) is 38.1 Å². The summed E-state index contributed by atoms with van der Waals surface area (Å²) in [6, 6.07) is 5.69. The van der Waals surface area contributed by atoms with E-state index in [1.165, 1.54) is 12.1 Å². The van der Waals surface area contributed by atoms with Crippen molar-refractivity contribution in [1.82, 2.24) is 19.7 Å². The highest BCUT2D eigenvalue weighted by Crippen LogP contribution is 2.32. The van der Waals surface area contributed by atoms with Crippen molar-refractivity contribution in [3.63, 3.8) is 0 Å².